The maximum atomic E-state index is 11.7. The summed E-state index contributed by atoms with van der Waals surface area (Å²) < 4.78 is 6.86. The fourth-order valence-electron chi connectivity index (χ4n) is 1.77. The van der Waals surface area contributed by atoms with E-state index in [1.807, 2.05) is 18.2 Å². The summed E-state index contributed by atoms with van der Waals surface area (Å²) >= 11 is 0. The Morgan fingerprint density at radius 3 is 2.58 bits per heavy atom. The number of carboxylic acids is 1. The lowest BCUT2D eigenvalue weighted by molar-refractivity contribution is -0.684. The Morgan fingerprint density at radius 1 is 1.17 bits per heavy atom. The monoisotopic (exact) mass is 349 g/mol. The number of rotatable bonds is 7. The summed E-state index contributed by atoms with van der Waals surface area (Å²) in [5.74, 6) is -0.961. The molecule has 0 aliphatic rings. The molecule has 0 spiro atoms. The largest absolute Gasteiger partial charge is 1.00 e. The fourth-order valence-corrected chi connectivity index (χ4v) is 1.77. The molecule has 0 unspecified atom stereocenters. The van der Waals surface area contributed by atoms with Crippen LogP contribution in [0.4, 0.5) is 0 Å². The number of amides is 1. The van der Waals surface area contributed by atoms with E-state index in [9.17, 15) is 9.59 Å². The first-order valence-electron chi connectivity index (χ1n) is 6.85. The third-order valence-corrected chi connectivity index (χ3v) is 2.77. The Kier molecular flexibility index (Phi) is 7.93. The summed E-state index contributed by atoms with van der Waals surface area (Å²) in [6.07, 6.45) is 4.96. The number of hydrazone groups is 1. The van der Waals surface area contributed by atoms with Gasteiger partial charge in [0.1, 0.15) is 5.75 Å². The van der Waals surface area contributed by atoms with Crippen LogP contribution in [0.2, 0.25) is 0 Å². The molecule has 1 aromatic heterocycles. The van der Waals surface area contributed by atoms with E-state index in [1.165, 1.54) is 6.21 Å². The standard InChI is InChI=1S/C16H15N3O4.ClH/c20-15(11-19-8-4-1-5-9-19)18-17-10-13-6-2-3-7-14(13)23-12-16(21)22;/h1-10H,11-12H2,(H-,18,20,21,22);1H/b17-10+;. The van der Waals surface area contributed by atoms with Crippen LogP contribution in [-0.4, -0.2) is 29.8 Å². The highest BCUT2D eigenvalue weighted by Gasteiger charge is 2.07. The van der Waals surface area contributed by atoms with Gasteiger partial charge in [-0.25, -0.2) is 10.2 Å². The number of aromatic nitrogens is 1. The molecule has 7 nitrogen and oxygen atoms in total. The summed E-state index contributed by atoms with van der Waals surface area (Å²) in [6.45, 7) is -0.294. The molecule has 0 aliphatic carbocycles. The van der Waals surface area contributed by atoms with E-state index >= 15 is 0 Å². The molecule has 0 bridgehead atoms. The van der Waals surface area contributed by atoms with Gasteiger partial charge in [0.05, 0.1) is 6.21 Å². The minimum atomic E-state index is -1.06. The number of benzene rings is 1. The van der Waals surface area contributed by atoms with Crippen molar-refractivity contribution in [3.05, 3.63) is 60.4 Å². The second-order valence-corrected chi connectivity index (χ2v) is 4.56. The predicted octanol–water partition coefficient (Wildman–Crippen LogP) is -2.41. The van der Waals surface area contributed by atoms with Gasteiger partial charge >= 0.3 is 11.9 Å². The Balaban J connectivity index is 0.00000288. The average Bonchev–Trinajstić information content (AvgIpc) is 2.55. The summed E-state index contributed by atoms with van der Waals surface area (Å²) in [4.78, 5) is 22.3. The van der Waals surface area contributed by atoms with E-state index in [1.54, 1.807) is 41.2 Å². The van der Waals surface area contributed by atoms with E-state index in [0.29, 0.717) is 11.3 Å². The summed E-state index contributed by atoms with van der Waals surface area (Å²) in [5.41, 5.74) is 2.98. The fraction of sp³-hybridized carbons (Fsp3) is 0.125. The number of hydrogen-bond donors (Lipinski definition) is 2. The van der Waals surface area contributed by atoms with E-state index in [2.05, 4.69) is 10.5 Å². The molecule has 2 aromatic rings. The molecule has 0 aliphatic heterocycles. The molecule has 0 radical (unpaired) electrons. The molecule has 2 N–H and O–H groups in total. The molecule has 1 heterocycles. The van der Waals surface area contributed by atoms with E-state index in [4.69, 9.17) is 9.84 Å². The van der Waals surface area contributed by atoms with Crippen molar-refractivity contribution in [2.24, 2.45) is 5.10 Å². The van der Waals surface area contributed by atoms with Gasteiger partial charge < -0.3 is 22.3 Å². The van der Waals surface area contributed by atoms with Crippen molar-refractivity contribution in [1.82, 2.24) is 5.43 Å². The highest BCUT2D eigenvalue weighted by atomic mass is 35.5. The van der Waals surface area contributed by atoms with Crippen LogP contribution in [0.25, 0.3) is 0 Å². The molecule has 126 valence electrons. The van der Waals surface area contributed by atoms with Crippen LogP contribution in [0.5, 0.6) is 5.75 Å². The van der Waals surface area contributed by atoms with Crippen molar-refractivity contribution in [2.75, 3.05) is 6.61 Å². The number of para-hydroxylation sites is 1. The lowest BCUT2D eigenvalue weighted by Crippen LogP contribution is -3.00. The Morgan fingerprint density at radius 2 is 1.88 bits per heavy atom. The van der Waals surface area contributed by atoms with Crippen LogP contribution < -0.4 is 27.1 Å². The van der Waals surface area contributed by atoms with E-state index < -0.39 is 12.6 Å². The van der Waals surface area contributed by atoms with Gasteiger partial charge in [-0.2, -0.15) is 9.67 Å². The maximum Gasteiger partial charge on any atom is 0.341 e. The summed E-state index contributed by atoms with van der Waals surface area (Å²) in [5, 5.41) is 12.5. The van der Waals surface area contributed by atoms with Gasteiger partial charge in [-0.3, -0.25) is 4.79 Å². The van der Waals surface area contributed by atoms with Gasteiger partial charge in [0.25, 0.3) is 0 Å². The molecular weight excluding hydrogens is 334 g/mol. The molecule has 0 saturated heterocycles. The topological polar surface area (TPSA) is 91.9 Å². The molecule has 1 amide bonds. The molecule has 0 atom stereocenters. The minimum Gasteiger partial charge on any atom is -1.00 e. The summed E-state index contributed by atoms with van der Waals surface area (Å²) in [7, 11) is 0. The van der Waals surface area contributed by atoms with Gasteiger partial charge in [-0.1, -0.05) is 18.2 Å². The SMILES string of the molecule is O=C(O)COc1ccccc1/C=N/NC(=O)C[n+]1ccccc1.[Cl-]. The van der Waals surface area contributed by atoms with Crippen molar-refractivity contribution in [3.8, 4) is 5.75 Å². The zero-order valence-corrected chi connectivity index (χ0v) is 13.4. The quantitative estimate of drug-likeness (QED) is 0.331. The number of carbonyl (C=O) groups excluding carboxylic acids is 1. The van der Waals surface area contributed by atoms with Gasteiger partial charge in [-0.05, 0) is 12.1 Å². The zero-order chi connectivity index (χ0) is 16.5. The van der Waals surface area contributed by atoms with Crippen LogP contribution in [0.3, 0.4) is 0 Å². The summed E-state index contributed by atoms with van der Waals surface area (Å²) in [6, 6.07) is 12.3. The third-order valence-electron chi connectivity index (χ3n) is 2.77. The van der Waals surface area contributed by atoms with E-state index in [0.717, 1.165) is 0 Å². The Hall–Kier alpha value is -2.93. The van der Waals surface area contributed by atoms with Gasteiger partial charge in [0.2, 0.25) is 6.54 Å². The van der Waals surface area contributed by atoms with Gasteiger partial charge in [0, 0.05) is 17.7 Å². The molecule has 8 heteroatoms. The normalized spacial score (nSPS) is 10.0. The van der Waals surface area contributed by atoms with Gasteiger partial charge in [0.15, 0.2) is 19.0 Å². The van der Waals surface area contributed by atoms with Crippen molar-refractivity contribution in [1.29, 1.82) is 0 Å². The number of hydrogen-bond acceptors (Lipinski definition) is 4. The smallest absolute Gasteiger partial charge is 0.341 e. The molecular formula is C16H16ClN3O4. The zero-order valence-electron chi connectivity index (χ0n) is 12.6. The number of carboxylic acid groups (broad SMARTS) is 1. The molecule has 0 saturated carbocycles. The van der Waals surface area contributed by atoms with Crippen LogP contribution in [0, 0.1) is 0 Å². The Bertz CT molecular complexity index is 707. The third kappa shape index (κ3) is 6.45. The number of pyridine rings is 1. The van der Waals surface area contributed by atoms with Crippen LogP contribution >= 0.6 is 0 Å². The van der Waals surface area contributed by atoms with Crippen LogP contribution in [0.15, 0.2) is 60.0 Å². The number of halogens is 1. The van der Waals surface area contributed by atoms with Crippen molar-refractivity contribution < 1.29 is 36.4 Å². The molecule has 24 heavy (non-hydrogen) atoms. The highest BCUT2D eigenvalue weighted by molar-refractivity contribution is 5.85. The molecule has 2 rings (SSSR count). The van der Waals surface area contributed by atoms with Crippen LogP contribution in [0.1, 0.15) is 5.56 Å². The van der Waals surface area contributed by atoms with Crippen molar-refractivity contribution in [3.63, 3.8) is 0 Å². The highest BCUT2D eigenvalue weighted by Crippen LogP contribution is 2.15. The van der Waals surface area contributed by atoms with Crippen molar-refractivity contribution >= 4 is 18.1 Å². The first-order valence-corrected chi connectivity index (χ1v) is 6.85. The number of ether oxygens (including phenoxy) is 1. The second-order valence-electron chi connectivity index (χ2n) is 4.56. The lowest BCUT2D eigenvalue weighted by atomic mass is 10.2. The van der Waals surface area contributed by atoms with Crippen molar-refractivity contribution in [2.45, 2.75) is 6.54 Å². The predicted molar refractivity (Wildman–Crippen MR) is 81.9 cm³/mol. The number of nitrogens with zero attached hydrogens (tertiary/aromatic N) is 2. The number of nitrogens with one attached hydrogen (secondary N) is 1. The number of aliphatic carboxylic acids is 1. The molecule has 0 fully saturated rings. The minimum absolute atomic E-state index is 0. The number of carbonyl (C=O) groups is 2. The first kappa shape index (κ1) is 19.1. The average molecular weight is 350 g/mol. The lowest BCUT2D eigenvalue weighted by Gasteiger charge is -2.06. The van der Waals surface area contributed by atoms with Gasteiger partial charge in [-0.15, -0.1) is 0 Å². The second kappa shape index (κ2) is 9.96. The Labute approximate surface area is 145 Å². The first-order chi connectivity index (χ1) is 11.1. The van der Waals surface area contributed by atoms with Crippen LogP contribution in [-0.2, 0) is 16.1 Å². The molecule has 1 aromatic carbocycles. The van der Waals surface area contributed by atoms with E-state index in [-0.39, 0.29) is 24.9 Å². The maximum absolute atomic E-state index is 11.7.